The maximum absolute atomic E-state index is 15.1. The fourth-order valence-corrected chi connectivity index (χ4v) is 6.68. The number of likely N-dealkylation sites (tertiary alicyclic amines) is 1. The van der Waals surface area contributed by atoms with Crippen molar-refractivity contribution in [3.05, 3.63) is 69.3 Å². The zero-order valence-corrected chi connectivity index (χ0v) is 20.1. The van der Waals surface area contributed by atoms with Gasteiger partial charge in [0.25, 0.3) is 10.0 Å². The van der Waals surface area contributed by atoms with Crippen LogP contribution in [0.5, 0.6) is 0 Å². The van der Waals surface area contributed by atoms with Gasteiger partial charge in [-0.25, -0.2) is 22.6 Å². The van der Waals surface area contributed by atoms with E-state index in [1.54, 1.807) is 0 Å². The second-order valence-electron chi connectivity index (χ2n) is 8.13. The molecule has 1 saturated heterocycles. The highest BCUT2D eigenvalue weighted by Gasteiger charge is 2.38. The van der Waals surface area contributed by atoms with Crippen molar-refractivity contribution < 1.29 is 22.7 Å². The van der Waals surface area contributed by atoms with Crippen molar-refractivity contribution >= 4 is 50.6 Å². The first kappa shape index (κ1) is 23.0. The molecule has 1 aliphatic heterocycles. The highest BCUT2D eigenvalue weighted by atomic mass is 35.5. The normalized spacial score (nSPS) is 19.9. The first-order valence-electron chi connectivity index (χ1n) is 10.5. The molecular formula is C22H20ClFN4O4S2. The molecule has 0 bridgehead atoms. The number of aromatic nitrogens is 1. The van der Waals surface area contributed by atoms with Gasteiger partial charge in [0.15, 0.2) is 5.82 Å². The first-order chi connectivity index (χ1) is 16.3. The van der Waals surface area contributed by atoms with Gasteiger partial charge in [-0.05, 0) is 49.2 Å². The van der Waals surface area contributed by atoms with Gasteiger partial charge in [-0.3, -0.25) is 4.90 Å². The average molecular weight is 523 g/mol. The lowest BCUT2D eigenvalue weighted by Crippen LogP contribution is -2.39. The van der Waals surface area contributed by atoms with Crippen LogP contribution in [0.15, 0.2) is 52.2 Å². The number of amides is 1. The van der Waals surface area contributed by atoms with Crippen LogP contribution in [0.3, 0.4) is 0 Å². The Morgan fingerprint density at radius 2 is 2.00 bits per heavy atom. The summed E-state index contributed by atoms with van der Waals surface area (Å²) in [6.45, 7) is 2.07. The predicted molar refractivity (Wildman–Crippen MR) is 128 cm³/mol. The van der Waals surface area contributed by atoms with Crippen LogP contribution >= 0.6 is 22.9 Å². The molecule has 2 heterocycles. The molecule has 12 heteroatoms. The van der Waals surface area contributed by atoms with E-state index >= 15 is 4.39 Å². The molecule has 3 aromatic rings. The van der Waals surface area contributed by atoms with Crippen molar-refractivity contribution in [2.24, 2.45) is 0 Å². The summed E-state index contributed by atoms with van der Waals surface area (Å²) in [4.78, 5) is 17.0. The van der Waals surface area contributed by atoms with Crippen LogP contribution in [0.25, 0.3) is 0 Å². The van der Waals surface area contributed by atoms with E-state index in [0.29, 0.717) is 0 Å². The minimum Gasteiger partial charge on any atom is -0.464 e. The van der Waals surface area contributed by atoms with Crippen LogP contribution in [-0.4, -0.2) is 42.6 Å². The molecule has 0 radical (unpaired) electrons. The van der Waals surface area contributed by atoms with Crippen LogP contribution in [-0.2, 0) is 10.0 Å². The molecule has 2 N–H and O–H groups in total. The summed E-state index contributed by atoms with van der Waals surface area (Å²) < 4.78 is 41.2. The minimum atomic E-state index is -4.80. The summed E-state index contributed by atoms with van der Waals surface area (Å²) in [7, 11) is -4.80. The van der Waals surface area contributed by atoms with Gasteiger partial charge in [-0.15, -0.1) is 15.6 Å². The Bertz CT molecular complexity index is 1350. The zero-order chi connectivity index (χ0) is 24.0. The summed E-state index contributed by atoms with van der Waals surface area (Å²) in [5, 5.41) is 13.9. The highest BCUT2D eigenvalue weighted by Crippen LogP contribution is 2.46. The lowest BCUT2D eigenvalue weighted by Gasteiger charge is -2.37. The number of benzene rings is 2. The summed E-state index contributed by atoms with van der Waals surface area (Å²) in [6, 6.07) is 10.1. The van der Waals surface area contributed by atoms with Crippen LogP contribution in [0.4, 0.5) is 20.7 Å². The van der Waals surface area contributed by atoms with E-state index < -0.39 is 26.8 Å². The molecule has 0 saturated carbocycles. The number of nitrogens with zero attached hydrogens (tertiary/aromatic N) is 3. The Morgan fingerprint density at radius 3 is 2.62 bits per heavy atom. The SMILES string of the molecule is O=C(O)N(c1cscn1)S(=O)(=O)c1cc(Cl)c(N[C@@H]2C[C@H](N3CCC3)c3ccccc32)cc1F. The smallest absolute Gasteiger partial charge is 0.427 e. The molecule has 178 valence electrons. The number of carboxylic acid groups (broad SMARTS) is 1. The molecule has 34 heavy (non-hydrogen) atoms. The maximum Gasteiger partial charge on any atom is 0.427 e. The van der Waals surface area contributed by atoms with E-state index in [1.165, 1.54) is 16.5 Å². The number of fused-ring (bicyclic) bond motifs is 1. The summed E-state index contributed by atoms with van der Waals surface area (Å²) in [6.07, 6.45) is 0.134. The summed E-state index contributed by atoms with van der Waals surface area (Å²) in [5.41, 5.74) is 3.83. The number of rotatable bonds is 6. The molecule has 1 aliphatic carbocycles. The third-order valence-electron chi connectivity index (χ3n) is 6.19. The number of thiazole rings is 1. The van der Waals surface area contributed by atoms with E-state index in [-0.39, 0.29) is 32.9 Å². The Labute approximate surface area is 204 Å². The Balaban J connectivity index is 1.46. The van der Waals surface area contributed by atoms with Crippen molar-refractivity contribution in [2.75, 3.05) is 22.7 Å². The predicted octanol–water partition coefficient (Wildman–Crippen LogP) is 5.11. The van der Waals surface area contributed by atoms with Crippen LogP contribution < -0.4 is 9.62 Å². The van der Waals surface area contributed by atoms with Gasteiger partial charge in [-0.1, -0.05) is 35.9 Å². The van der Waals surface area contributed by atoms with Gasteiger partial charge in [-0.2, -0.15) is 0 Å². The Kier molecular flexibility index (Phi) is 5.96. The first-order valence-corrected chi connectivity index (χ1v) is 13.3. The lowest BCUT2D eigenvalue weighted by molar-refractivity contribution is 0.116. The number of halogens is 2. The molecule has 1 fully saturated rings. The second-order valence-corrected chi connectivity index (χ2v) is 11.0. The highest BCUT2D eigenvalue weighted by molar-refractivity contribution is 7.93. The van der Waals surface area contributed by atoms with E-state index in [4.69, 9.17) is 11.6 Å². The van der Waals surface area contributed by atoms with Gasteiger partial charge >= 0.3 is 6.09 Å². The van der Waals surface area contributed by atoms with Gasteiger partial charge in [0.2, 0.25) is 0 Å². The van der Waals surface area contributed by atoms with E-state index in [0.717, 1.165) is 55.0 Å². The minimum absolute atomic E-state index is 0.0338. The van der Waals surface area contributed by atoms with E-state index in [2.05, 4.69) is 21.3 Å². The second kappa shape index (κ2) is 8.81. The summed E-state index contributed by atoms with van der Waals surface area (Å²) >= 11 is 7.39. The van der Waals surface area contributed by atoms with Crippen LogP contribution in [0.1, 0.15) is 36.1 Å². The number of anilines is 2. The number of nitrogens with one attached hydrogen (secondary N) is 1. The molecule has 0 unspecified atom stereocenters. The molecule has 0 spiro atoms. The number of carbonyl (C=O) groups is 1. The maximum atomic E-state index is 15.1. The van der Waals surface area contributed by atoms with Crippen molar-refractivity contribution in [1.82, 2.24) is 9.88 Å². The average Bonchev–Trinajstić information content (AvgIpc) is 3.38. The molecule has 1 aromatic heterocycles. The molecule has 2 atom stereocenters. The topological polar surface area (TPSA) is 103 Å². The lowest BCUT2D eigenvalue weighted by atomic mass is 10.0. The van der Waals surface area contributed by atoms with Crippen molar-refractivity contribution in [2.45, 2.75) is 29.8 Å². The molecule has 1 amide bonds. The molecule has 2 aliphatic rings. The van der Waals surface area contributed by atoms with Gasteiger partial charge in [0.1, 0.15) is 10.7 Å². The number of hydrogen-bond donors (Lipinski definition) is 2. The van der Waals surface area contributed by atoms with Gasteiger partial charge in [0.05, 0.1) is 22.3 Å². The van der Waals surface area contributed by atoms with Crippen molar-refractivity contribution in [3.8, 4) is 0 Å². The summed E-state index contributed by atoms with van der Waals surface area (Å²) in [5.74, 6) is -1.45. The third-order valence-corrected chi connectivity index (χ3v) is 8.77. The molecule has 5 rings (SSSR count). The number of sulfonamides is 1. The Hall–Kier alpha value is -2.73. The fourth-order valence-electron chi connectivity index (χ4n) is 4.50. The van der Waals surface area contributed by atoms with Gasteiger partial charge < -0.3 is 10.4 Å². The monoisotopic (exact) mass is 522 g/mol. The van der Waals surface area contributed by atoms with Gasteiger partial charge in [0, 0.05) is 11.4 Å². The number of hydrogen-bond acceptors (Lipinski definition) is 7. The molecular weight excluding hydrogens is 503 g/mol. The van der Waals surface area contributed by atoms with Crippen LogP contribution in [0.2, 0.25) is 5.02 Å². The third kappa shape index (κ3) is 3.92. The molecule has 2 aromatic carbocycles. The Morgan fingerprint density at radius 1 is 1.26 bits per heavy atom. The zero-order valence-electron chi connectivity index (χ0n) is 17.7. The van der Waals surface area contributed by atoms with Crippen LogP contribution in [0, 0.1) is 5.82 Å². The van der Waals surface area contributed by atoms with E-state index in [9.17, 15) is 18.3 Å². The quantitative estimate of drug-likeness (QED) is 0.463. The van der Waals surface area contributed by atoms with E-state index in [1.807, 2.05) is 18.2 Å². The molecule has 8 nitrogen and oxygen atoms in total. The largest absolute Gasteiger partial charge is 0.464 e. The fraction of sp³-hybridized carbons (Fsp3) is 0.273. The standard InChI is InChI=1S/C22H20ClFN4O4S2/c23-15-8-20(34(31,32)28(22(29)30)21-11-33-12-25-21)16(24)9-18(15)26-17-10-19(27-6-3-7-27)14-5-2-1-4-13(14)17/h1-2,4-5,8-9,11-12,17,19,26H,3,6-7,10H2,(H,29,30)/t17-,19+/m1/s1. The van der Waals surface area contributed by atoms with Crippen molar-refractivity contribution in [1.29, 1.82) is 0 Å². The van der Waals surface area contributed by atoms with Crippen molar-refractivity contribution in [3.63, 3.8) is 0 Å².